The third-order valence-electron chi connectivity index (χ3n) is 10.8. The number of imidazole rings is 1. The Morgan fingerprint density at radius 2 is 1.17 bits per heavy atom. The number of furan rings is 1. The van der Waals surface area contributed by atoms with Crippen LogP contribution in [0.25, 0.3) is 71.9 Å². The molecule has 0 aliphatic heterocycles. The molecule has 1 fully saturated rings. The van der Waals surface area contributed by atoms with E-state index < -0.39 is 34.9 Å². The standard InChI is InChI=1S/C42H26F9N2O/c1-23-11-21-30-35-29-8-4-3-7-26(29)16-22-33(35)54-36(30)34(23)37-52(2)31-9-5-6-10-32(31)53(37)28-19-14-25(15-20-28)24-12-17-27(18-13-24)38(43)39(44,45)41(48,49)42(50,51)40(38,46)47/h3-22H,1-2H3/q+1. The number of benzene rings is 6. The van der Waals surface area contributed by atoms with Crippen LogP contribution in [-0.2, 0) is 12.7 Å². The van der Waals surface area contributed by atoms with Crippen molar-refractivity contribution in [3.63, 3.8) is 0 Å². The van der Waals surface area contributed by atoms with E-state index in [9.17, 15) is 35.1 Å². The van der Waals surface area contributed by atoms with Gasteiger partial charge >= 0.3 is 23.7 Å². The molecule has 8 aromatic rings. The van der Waals surface area contributed by atoms with Crippen LogP contribution in [0.3, 0.4) is 0 Å². The van der Waals surface area contributed by atoms with E-state index in [1.165, 1.54) is 0 Å². The van der Waals surface area contributed by atoms with Gasteiger partial charge in [-0.25, -0.2) is 8.96 Å². The average Bonchev–Trinajstić information content (AvgIpc) is 3.70. The molecule has 3 nitrogen and oxygen atoms in total. The number of para-hydroxylation sites is 2. The number of fused-ring (bicyclic) bond motifs is 6. The monoisotopic (exact) mass is 745 g/mol. The van der Waals surface area contributed by atoms with Crippen LogP contribution in [0.4, 0.5) is 39.5 Å². The number of hydrogen-bond acceptors (Lipinski definition) is 1. The van der Waals surface area contributed by atoms with Gasteiger partial charge in [0, 0.05) is 16.3 Å². The summed E-state index contributed by atoms with van der Waals surface area (Å²) in [7, 11) is 1.95. The first kappa shape index (κ1) is 34.0. The number of halogens is 9. The van der Waals surface area contributed by atoms with Crippen molar-refractivity contribution < 1.29 is 48.5 Å². The average molecular weight is 746 g/mol. The summed E-state index contributed by atoms with van der Waals surface area (Å²) in [5, 5.41) is 4.06. The highest BCUT2D eigenvalue weighted by Crippen LogP contribution is 2.72. The number of alkyl halides is 9. The molecule has 0 spiro atoms. The van der Waals surface area contributed by atoms with Crippen molar-refractivity contribution in [1.29, 1.82) is 0 Å². The van der Waals surface area contributed by atoms with Gasteiger partial charge in [0.05, 0.1) is 7.05 Å². The predicted octanol–water partition coefficient (Wildman–Crippen LogP) is 11.9. The summed E-state index contributed by atoms with van der Waals surface area (Å²) >= 11 is 0. The van der Waals surface area contributed by atoms with Crippen LogP contribution in [0.1, 0.15) is 11.1 Å². The zero-order valence-electron chi connectivity index (χ0n) is 28.3. The molecule has 12 heteroatoms. The Labute approximate surface area is 300 Å². The molecule has 0 N–H and O–H groups in total. The summed E-state index contributed by atoms with van der Waals surface area (Å²) < 4.78 is 140. The summed E-state index contributed by atoms with van der Waals surface area (Å²) in [5.41, 5.74) is -1.08. The first-order chi connectivity index (χ1) is 25.5. The maximum atomic E-state index is 15.5. The van der Waals surface area contributed by atoms with Gasteiger partial charge in [-0.2, -0.15) is 39.7 Å². The van der Waals surface area contributed by atoms with Gasteiger partial charge in [-0.05, 0) is 64.7 Å². The lowest BCUT2D eigenvalue weighted by Gasteiger charge is -2.31. The molecule has 0 bridgehead atoms. The number of nitrogens with zero attached hydrogens (tertiary/aromatic N) is 2. The molecule has 6 aromatic carbocycles. The van der Waals surface area contributed by atoms with Gasteiger partial charge in [0.2, 0.25) is 0 Å². The van der Waals surface area contributed by atoms with Crippen molar-refractivity contribution in [2.75, 3.05) is 0 Å². The molecule has 1 saturated carbocycles. The van der Waals surface area contributed by atoms with E-state index in [2.05, 4.69) is 16.7 Å². The minimum Gasteiger partial charge on any atom is -0.455 e. The summed E-state index contributed by atoms with van der Waals surface area (Å²) in [4.78, 5) is 0. The predicted molar refractivity (Wildman–Crippen MR) is 187 cm³/mol. The Hall–Kier alpha value is -5.78. The van der Waals surface area contributed by atoms with Crippen molar-refractivity contribution in [3.8, 4) is 28.2 Å². The third-order valence-corrected chi connectivity index (χ3v) is 10.8. The topological polar surface area (TPSA) is 21.9 Å². The second-order valence-corrected chi connectivity index (χ2v) is 13.7. The SMILES string of the molecule is Cc1ccc2c(oc3ccc4ccccc4c32)c1-c1n(-c2ccc(-c3ccc(C4(F)C(F)(F)C(F)(F)C(F)(F)C4(F)F)cc3)cc2)c2ccccc2[n+]1C. The van der Waals surface area contributed by atoms with Gasteiger partial charge in [-0.15, -0.1) is 0 Å². The van der Waals surface area contributed by atoms with E-state index in [0.717, 1.165) is 67.2 Å². The Bertz CT molecular complexity index is 2790. The van der Waals surface area contributed by atoms with Crippen molar-refractivity contribution in [3.05, 3.63) is 132 Å². The van der Waals surface area contributed by atoms with Crippen LogP contribution in [0.15, 0.2) is 126 Å². The molecule has 0 unspecified atom stereocenters. The molecule has 2 heterocycles. The summed E-state index contributed by atoms with van der Waals surface area (Å²) in [6.07, 6.45) is 0. The van der Waals surface area contributed by atoms with Crippen LogP contribution in [-0.4, -0.2) is 28.3 Å². The zero-order valence-corrected chi connectivity index (χ0v) is 28.3. The molecule has 2 aromatic heterocycles. The second kappa shape index (κ2) is 10.9. The molecule has 1 aliphatic rings. The number of aromatic nitrogens is 2. The second-order valence-electron chi connectivity index (χ2n) is 13.7. The van der Waals surface area contributed by atoms with Crippen LogP contribution < -0.4 is 4.57 Å². The van der Waals surface area contributed by atoms with E-state index in [0.29, 0.717) is 29.0 Å². The summed E-state index contributed by atoms with van der Waals surface area (Å²) in [5.74, 6) is -25.3. The highest BCUT2D eigenvalue weighted by Gasteiger charge is 3.00. The maximum absolute atomic E-state index is 15.5. The van der Waals surface area contributed by atoms with Gasteiger partial charge < -0.3 is 4.42 Å². The lowest BCUT2D eigenvalue weighted by atomic mass is 9.87. The molecule has 272 valence electrons. The molecular formula is C42H26F9N2O+. The van der Waals surface area contributed by atoms with Crippen LogP contribution in [0, 0.1) is 6.92 Å². The Morgan fingerprint density at radius 3 is 1.83 bits per heavy atom. The van der Waals surface area contributed by atoms with Gasteiger partial charge in [0.25, 0.3) is 11.5 Å². The largest absolute Gasteiger partial charge is 0.455 e. The van der Waals surface area contributed by atoms with E-state index in [1.54, 1.807) is 24.3 Å². The van der Waals surface area contributed by atoms with E-state index in [-0.39, 0.29) is 5.56 Å². The highest BCUT2D eigenvalue weighted by atomic mass is 19.4. The molecule has 0 radical (unpaired) electrons. The molecular weight excluding hydrogens is 719 g/mol. The van der Waals surface area contributed by atoms with Gasteiger partial charge in [-0.1, -0.05) is 91.0 Å². The van der Waals surface area contributed by atoms with Crippen LogP contribution in [0.2, 0.25) is 0 Å². The lowest BCUT2D eigenvalue weighted by molar-refractivity contribution is -0.633. The third kappa shape index (κ3) is 4.03. The summed E-state index contributed by atoms with van der Waals surface area (Å²) in [6.45, 7) is 2.00. The number of aryl methyl sites for hydroxylation is 2. The first-order valence-corrected chi connectivity index (χ1v) is 16.8. The van der Waals surface area contributed by atoms with Crippen molar-refractivity contribution in [1.82, 2.24) is 4.57 Å². The Balaban J connectivity index is 1.16. The molecule has 0 atom stereocenters. The van der Waals surface area contributed by atoms with Gasteiger partial charge in [0.1, 0.15) is 16.8 Å². The fraction of sp³-hybridized carbons (Fsp3) is 0.167. The van der Waals surface area contributed by atoms with Gasteiger partial charge in [0.15, 0.2) is 16.6 Å². The highest BCUT2D eigenvalue weighted by molar-refractivity contribution is 6.20. The number of hydrogen-bond donors (Lipinski definition) is 0. The van der Waals surface area contributed by atoms with Crippen molar-refractivity contribution in [2.45, 2.75) is 36.3 Å². The normalized spacial score (nSPS) is 18.3. The molecule has 1 aliphatic carbocycles. The van der Waals surface area contributed by atoms with Crippen molar-refractivity contribution >= 4 is 43.7 Å². The van der Waals surface area contributed by atoms with E-state index in [4.69, 9.17) is 4.42 Å². The van der Waals surface area contributed by atoms with Crippen LogP contribution >= 0.6 is 0 Å². The van der Waals surface area contributed by atoms with Crippen LogP contribution in [0.5, 0.6) is 0 Å². The molecule has 0 amide bonds. The molecule has 9 rings (SSSR count). The first-order valence-electron chi connectivity index (χ1n) is 16.8. The van der Waals surface area contributed by atoms with E-state index >= 15 is 4.39 Å². The summed E-state index contributed by atoms with van der Waals surface area (Å²) in [6, 6.07) is 33.4. The minimum absolute atomic E-state index is 0.204. The fourth-order valence-corrected chi connectivity index (χ4v) is 7.92. The smallest absolute Gasteiger partial charge is 0.382 e. The fourth-order valence-electron chi connectivity index (χ4n) is 7.92. The maximum Gasteiger partial charge on any atom is 0.382 e. The lowest BCUT2D eigenvalue weighted by Crippen LogP contribution is -2.51. The Kier molecular flexibility index (Phi) is 6.86. The van der Waals surface area contributed by atoms with E-state index in [1.807, 2.05) is 79.2 Å². The minimum atomic E-state index is -6.65. The molecule has 54 heavy (non-hydrogen) atoms. The quantitative estimate of drug-likeness (QED) is 0.130. The number of rotatable bonds is 4. The van der Waals surface area contributed by atoms with Crippen molar-refractivity contribution in [2.24, 2.45) is 7.05 Å². The zero-order chi connectivity index (χ0) is 38.2. The molecule has 0 saturated heterocycles. The van der Waals surface area contributed by atoms with Gasteiger partial charge in [-0.3, -0.25) is 0 Å². The Morgan fingerprint density at radius 1 is 0.574 bits per heavy atom.